The zero-order valence-corrected chi connectivity index (χ0v) is 13.7. The molecule has 0 unspecified atom stereocenters. The molecule has 3 rings (SSSR count). The smallest absolute Gasteiger partial charge is 0.115 e. The molecule has 0 spiro atoms. The van der Waals surface area contributed by atoms with Crippen LogP contribution >= 0.6 is 34.8 Å². The predicted octanol–water partition coefficient (Wildman–Crippen LogP) is 5.42. The summed E-state index contributed by atoms with van der Waals surface area (Å²) in [5, 5.41) is 1.27. The monoisotopic (exact) mass is 338 g/mol. The Kier molecular flexibility index (Phi) is 4.12. The summed E-state index contributed by atoms with van der Waals surface area (Å²) in [5.74, 6) is 1.38. The third-order valence-electron chi connectivity index (χ3n) is 3.35. The highest BCUT2D eigenvalue weighted by atomic mass is 35.5. The van der Waals surface area contributed by atoms with E-state index in [2.05, 4.69) is 17.1 Å². The quantitative estimate of drug-likeness (QED) is 0.582. The van der Waals surface area contributed by atoms with Crippen LogP contribution in [0.25, 0.3) is 16.7 Å². The van der Waals surface area contributed by atoms with E-state index in [-0.39, 0.29) is 0 Å². The van der Waals surface area contributed by atoms with E-state index in [1.807, 2.05) is 23.6 Å². The van der Waals surface area contributed by atoms with Gasteiger partial charge in [-0.1, -0.05) is 29.3 Å². The summed E-state index contributed by atoms with van der Waals surface area (Å²) >= 11 is 18.4. The molecule has 5 heteroatoms. The molecule has 0 atom stereocenters. The van der Waals surface area contributed by atoms with Gasteiger partial charge < -0.3 is 0 Å². The topological polar surface area (TPSA) is 17.8 Å². The first-order chi connectivity index (χ1) is 10.1. The van der Waals surface area contributed by atoms with Gasteiger partial charge in [0.05, 0.1) is 21.7 Å². The lowest BCUT2D eigenvalue weighted by molar-refractivity contribution is 0.912. The molecule has 3 aromatic rings. The largest absolute Gasteiger partial charge is 0.295 e. The molecule has 0 aliphatic rings. The molecular formula is C16H13Cl3N2. The summed E-state index contributed by atoms with van der Waals surface area (Å²) in [6.07, 6.45) is 0.665. The van der Waals surface area contributed by atoms with Gasteiger partial charge in [0.1, 0.15) is 5.82 Å². The van der Waals surface area contributed by atoms with Crippen molar-refractivity contribution < 1.29 is 0 Å². The third-order valence-corrected chi connectivity index (χ3v) is 4.09. The number of aromatic nitrogens is 2. The van der Waals surface area contributed by atoms with Gasteiger partial charge in [-0.05, 0) is 42.8 Å². The molecule has 2 nitrogen and oxygen atoms in total. The fraction of sp³-hybridized carbons (Fsp3) is 0.188. The molecule has 21 heavy (non-hydrogen) atoms. The van der Waals surface area contributed by atoms with Crippen LogP contribution in [0.1, 0.15) is 11.4 Å². The average Bonchev–Trinajstić information content (AvgIpc) is 2.79. The highest BCUT2D eigenvalue weighted by Gasteiger charge is 2.14. The Morgan fingerprint density at radius 3 is 2.67 bits per heavy atom. The van der Waals surface area contributed by atoms with E-state index in [1.165, 1.54) is 5.56 Å². The van der Waals surface area contributed by atoms with E-state index in [0.29, 0.717) is 22.3 Å². The molecule has 0 radical (unpaired) electrons. The van der Waals surface area contributed by atoms with Crippen LogP contribution in [0, 0.1) is 6.92 Å². The standard InChI is InChI=1S/C16H13Cl3N2/c1-10-2-5-14-13(8-10)20-16(6-7-17)21(14)15-9-11(18)3-4-12(15)19/h2-5,8-9H,6-7H2,1H3. The van der Waals surface area contributed by atoms with E-state index in [9.17, 15) is 0 Å². The lowest BCUT2D eigenvalue weighted by Crippen LogP contribution is -2.03. The molecule has 0 fully saturated rings. The molecule has 0 aliphatic carbocycles. The zero-order valence-electron chi connectivity index (χ0n) is 11.4. The second-order valence-electron chi connectivity index (χ2n) is 4.89. The van der Waals surface area contributed by atoms with Crippen LogP contribution in [0.3, 0.4) is 0 Å². The molecule has 0 saturated heterocycles. The summed E-state index contributed by atoms with van der Waals surface area (Å²) < 4.78 is 2.03. The zero-order chi connectivity index (χ0) is 15.0. The Hall–Kier alpha value is -1.22. The second kappa shape index (κ2) is 5.88. The van der Waals surface area contributed by atoms with Crippen molar-refractivity contribution in [2.75, 3.05) is 5.88 Å². The molecule has 0 saturated carbocycles. The van der Waals surface area contributed by atoms with E-state index in [1.54, 1.807) is 12.1 Å². The van der Waals surface area contributed by atoms with E-state index < -0.39 is 0 Å². The van der Waals surface area contributed by atoms with Gasteiger partial charge in [-0.25, -0.2) is 4.98 Å². The van der Waals surface area contributed by atoms with Crippen molar-refractivity contribution in [3.8, 4) is 5.69 Å². The lowest BCUT2D eigenvalue weighted by Gasteiger charge is -2.11. The van der Waals surface area contributed by atoms with Crippen molar-refractivity contribution in [2.45, 2.75) is 13.3 Å². The van der Waals surface area contributed by atoms with E-state index >= 15 is 0 Å². The number of nitrogens with zero attached hydrogens (tertiary/aromatic N) is 2. The Morgan fingerprint density at radius 1 is 1.10 bits per heavy atom. The van der Waals surface area contributed by atoms with Crippen molar-refractivity contribution >= 4 is 45.8 Å². The highest BCUT2D eigenvalue weighted by molar-refractivity contribution is 6.34. The summed E-state index contributed by atoms with van der Waals surface area (Å²) in [5.41, 5.74) is 3.94. The van der Waals surface area contributed by atoms with Crippen molar-refractivity contribution in [1.29, 1.82) is 0 Å². The molecule has 0 N–H and O–H groups in total. The molecular weight excluding hydrogens is 327 g/mol. The summed E-state index contributed by atoms with van der Waals surface area (Å²) in [6, 6.07) is 11.6. The van der Waals surface area contributed by atoms with Crippen molar-refractivity contribution in [2.24, 2.45) is 0 Å². The summed E-state index contributed by atoms with van der Waals surface area (Å²) in [4.78, 5) is 4.69. The summed E-state index contributed by atoms with van der Waals surface area (Å²) in [6.45, 7) is 2.05. The van der Waals surface area contributed by atoms with Gasteiger partial charge in [0.15, 0.2) is 0 Å². The number of imidazole rings is 1. The first kappa shape index (κ1) is 14.7. The van der Waals surface area contributed by atoms with Gasteiger partial charge in [-0.2, -0.15) is 0 Å². The molecule has 2 aromatic carbocycles. The number of hydrogen-bond acceptors (Lipinski definition) is 1. The second-order valence-corrected chi connectivity index (χ2v) is 6.11. The van der Waals surface area contributed by atoms with Crippen LogP contribution in [0.5, 0.6) is 0 Å². The molecule has 0 bridgehead atoms. The van der Waals surface area contributed by atoms with Gasteiger partial charge in [-0.15, -0.1) is 11.6 Å². The number of aryl methyl sites for hydroxylation is 2. The molecule has 108 valence electrons. The fourth-order valence-corrected chi connectivity index (χ4v) is 2.96. The maximum Gasteiger partial charge on any atom is 0.115 e. The Labute approximate surface area is 138 Å². The predicted molar refractivity (Wildman–Crippen MR) is 90.3 cm³/mol. The minimum absolute atomic E-state index is 0.500. The van der Waals surface area contributed by atoms with Gasteiger partial charge >= 0.3 is 0 Å². The van der Waals surface area contributed by atoms with Crippen LogP contribution in [0.2, 0.25) is 10.0 Å². The van der Waals surface area contributed by atoms with Crippen LogP contribution in [0.4, 0.5) is 0 Å². The number of alkyl halides is 1. The molecule has 1 aromatic heterocycles. The fourth-order valence-electron chi connectivity index (χ4n) is 2.42. The Morgan fingerprint density at radius 2 is 1.90 bits per heavy atom. The number of hydrogen-bond donors (Lipinski definition) is 0. The van der Waals surface area contributed by atoms with Gasteiger partial charge in [0, 0.05) is 17.3 Å². The molecule has 0 aliphatic heterocycles. The lowest BCUT2D eigenvalue weighted by atomic mass is 10.2. The van der Waals surface area contributed by atoms with E-state index in [4.69, 9.17) is 34.8 Å². The SMILES string of the molecule is Cc1ccc2c(c1)nc(CCCl)n2-c1cc(Cl)ccc1Cl. The van der Waals surface area contributed by atoms with Crippen LogP contribution < -0.4 is 0 Å². The number of rotatable bonds is 3. The van der Waals surface area contributed by atoms with Crippen LogP contribution in [0.15, 0.2) is 36.4 Å². The first-order valence-electron chi connectivity index (χ1n) is 6.59. The average molecular weight is 340 g/mol. The van der Waals surface area contributed by atoms with Gasteiger partial charge in [0.2, 0.25) is 0 Å². The molecule has 1 heterocycles. The Balaban J connectivity index is 2.33. The maximum atomic E-state index is 6.35. The molecule has 0 amide bonds. The van der Waals surface area contributed by atoms with Crippen molar-refractivity contribution in [3.63, 3.8) is 0 Å². The van der Waals surface area contributed by atoms with Crippen LogP contribution in [-0.2, 0) is 6.42 Å². The number of halogens is 3. The third kappa shape index (κ3) is 2.76. The van der Waals surface area contributed by atoms with Gasteiger partial charge in [-0.3, -0.25) is 4.57 Å². The summed E-state index contributed by atoms with van der Waals surface area (Å²) in [7, 11) is 0. The number of fused-ring (bicyclic) bond motifs is 1. The van der Waals surface area contributed by atoms with E-state index in [0.717, 1.165) is 22.5 Å². The van der Waals surface area contributed by atoms with Crippen molar-refractivity contribution in [1.82, 2.24) is 9.55 Å². The minimum atomic E-state index is 0.500. The minimum Gasteiger partial charge on any atom is -0.295 e. The maximum absolute atomic E-state index is 6.35. The first-order valence-corrected chi connectivity index (χ1v) is 7.88. The highest BCUT2D eigenvalue weighted by Crippen LogP contribution is 2.30. The Bertz CT molecular complexity index is 809. The number of benzene rings is 2. The van der Waals surface area contributed by atoms with Crippen LogP contribution in [-0.4, -0.2) is 15.4 Å². The van der Waals surface area contributed by atoms with Crippen molar-refractivity contribution in [3.05, 3.63) is 57.8 Å². The van der Waals surface area contributed by atoms with Gasteiger partial charge in [0.25, 0.3) is 0 Å². The normalized spacial score (nSPS) is 11.2.